The van der Waals surface area contributed by atoms with Crippen LogP contribution in [0.1, 0.15) is 25.3 Å². The number of imidazole rings is 1. The molecular formula is C17H17N6O3+. The molecular weight excluding hydrogens is 336 g/mol. The Bertz CT molecular complexity index is 1170. The molecule has 0 saturated heterocycles. The number of aromatic nitrogens is 6. The van der Waals surface area contributed by atoms with E-state index in [4.69, 9.17) is 0 Å². The van der Waals surface area contributed by atoms with Crippen LogP contribution in [-0.2, 0) is 0 Å². The molecule has 0 fully saturated rings. The molecule has 9 heteroatoms. The van der Waals surface area contributed by atoms with E-state index >= 15 is 0 Å². The summed E-state index contributed by atoms with van der Waals surface area (Å²) in [7, 11) is 0. The van der Waals surface area contributed by atoms with Crippen LogP contribution >= 0.6 is 0 Å². The van der Waals surface area contributed by atoms with Crippen molar-refractivity contribution in [1.82, 2.24) is 25.1 Å². The summed E-state index contributed by atoms with van der Waals surface area (Å²) in [6.07, 6.45) is 2.95. The van der Waals surface area contributed by atoms with Crippen molar-refractivity contribution in [3.05, 3.63) is 40.7 Å². The standard InChI is InChI=1S/C17H16N6O3/c1-7(2)8-3-9(11(25)4-10(8)24)13-12(17(26)23-22-13)14-15-16(20-5-18-14)21-6-19-15/h3-7,24-25H,1-2H3,(H2,22,23,26)(H,18,19,20,21)/p+1. The summed E-state index contributed by atoms with van der Waals surface area (Å²) in [5.74, 6) is -0.108. The lowest BCUT2D eigenvalue weighted by atomic mass is 9.96. The Morgan fingerprint density at radius 2 is 1.92 bits per heavy atom. The molecule has 6 N–H and O–H groups in total. The van der Waals surface area contributed by atoms with E-state index in [0.717, 1.165) is 0 Å². The fourth-order valence-corrected chi connectivity index (χ4v) is 3.04. The number of aromatic amines is 4. The molecule has 0 amide bonds. The number of nitrogens with zero attached hydrogens (tertiary/aromatic N) is 2. The van der Waals surface area contributed by atoms with E-state index in [1.807, 2.05) is 13.8 Å². The van der Waals surface area contributed by atoms with Crippen LogP contribution < -0.4 is 10.5 Å². The summed E-state index contributed by atoms with van der Waals surface area (Å²) in [5, 5.41) is 25.8. The van der Waals surface area contributed by atoms with E-state index in [1.54, 1.807) is 6.07 Å². The van der Waals surface area contributed by atoms with Crippen LogP contribution in [0.4, 0.5) is 0 Å². The monoisotopic (exact) mass is 353 g/mol. The third-order valence-electron chi connectivity index (χ3n) is 4.32. The minimum Gasteiger partial charge on any atom is -0.508 e. The zero-order valence-electron chi connectivity index (χ0n) is 14.1. The van der Waals surface area contributed by atoms with Gasteiger partial charge in [0.05, 0.1) is 5.69 Å². The van der Waals surface area contributed by atoms with Gasteiger partial charge in [0, 0.05) is 11.6 Å². The van der Waals surface area contributed by atoms with Crippen molar-refractivity contribution >= 4 is 11.2 Å². The average Bonchev–Trinajstić information content (AvgIpc) is 3.21. The molecule has 0 spiro atoms. The predicted molar refractivity (Wildman–Crippen MR) is 93.7 cm³/mol. The number of H-pyrrole nitrogens is 4. The summed E-state index contributed by atoms with van der Waals surface area (Å²) >= 11 is 0. The van der Waals surface area contributed by atoms with Gasteiger partial charge in [0.25, 0.3) is 11.2 Å². The molecule has 0 saturated carbocycles. The minimum atomic E-state index is -0.381. The highest BCUT2D eigenvalue weighted by atomic mass is 16.3. The molecule has 9 nitrogen and oxygen atoms in total. The maximum Gasteiger partial charge on any atom is 0.289 e. The number of phenolic OH excluding ortho intramolecular Hbond substituents is 2. The minimum absolute atomic E-state index is 0.00378. The van der Waals surface area contributed by atoms with E-state index in [-0.39, 0.29) is 28.5 Å². The highest BCUT2D eigenvalue weighted by Gasteiger charge is 2.25. The molecule has 3 heterocycles. The molecule has 0 atom stereocenters. The first-order valence-electron chi connectivity index (χ1n) is 8.04. The molecule has 0 unspecified atom stereocenters. The second kappa shape index (κ2) is 5.73. The molecule has 132 valence electrons. The van der Waals surface area contributed by atoms with E-state index in [1.165, 1.54) is 18.7 Å². The van der Waals surface area contributed by atoms with Crippen molar-refractivity contribution in [1.29, 1.82) is 0 Å². The third-order valence-corrected chi connectivity index (χ3v) is 4.32. The lowest BCUT2D eigenvalue weighted by molar-refractivity contribution is -0.352. The number of phenols is 2. The Morgan fingerprint density at radius 1 is 1.12 bits per heavy atom. The van der Waals surface area contributed by atoms with Gasteiger partial charge >= 0.3 is 0 Å². The number of rotatable bonds is 3. The van der Waals surface area contributed by atoms with Gasteiger partial charge in [-0.25, -0.2) is 4.98 Å². The molecule has 4 rings (SSSR count). The molecule has 0 radical (unpaired) electrons. The van der Waals surface area contributed by atoms with Crippen LogP contribution in [0.25, 0.3) is 33.7 Å². The van der Waals surface area contributed by atoms with Crippen LogP contribution in [0.5, 0.6) is 11.5 Å². The van der Waals surface area contributed by atoms with Crippen molar-refractivity contribution in [2.75, 3.05) is 0 Å². The number of hydrogen-bond acceptors (Lipinski definition) is 5. The summed E-state index contributed by atoms with van der Waals surface area (Å²) < 4.78 is 0. The molecule has 1 aromatic carbocycles. The molecule has 4 aromatic rings. The highest BCUT2D eigenvalue weighted by molar-refractivity contribution is 5.91. The highest BCUT2D eigenvalue weighted by Crippen LogP contribution is 2.39. The molecule has 3 aromatic heterocycles. The lowest BCUT2D eigenvalue weighted by Crippen LogP contribution is -2.09. The van der Waals surface area contributed by atoms with Crippen LogP contribution in [0.2, 0.25) is 0 Å². The number of aromatic hydroxyl groups is 2. The number of nitrogens with one attached hydrogen (secondary N) is 4. The quantitative estimate of drug-likeness (QED) is 0.380. The van der Waals surface area contributed by atoms with Crippen LogP contribution in [-0.4, -0.2) is 35.4 Å². The average molecular weight is 353 g/mol. The first kappa shape index (κ1) is 15.9. The van der Waals surface area contributed by atoms with Gasteiger partial charge in [-0.05, 0) is 17.5 Å². The van der Waals surface area contributed by atoms with Gasteiger partial charge in [-0.3, -0.25) is 15.0 Å². The summed E-state index contributed by atoms with van der Waals surface area (Å²) in [5.41, 5.74) is 2.84. The maximum atomic E-state index is 12.5. The van der Waals surface area contributed by atoms with E-state index in [9.17, 15) is 15.0 Å². The normalized spacial score (nSPS) is 11.5. The summed E-state index contributed by atoms with van der Waals surface area (Å²) in [6, 6.07) is 2.94. The van der Waals surface area contributed by atoms with Crippen molar-refractivity contribution in [2.24, 2.45) is 0 Å². The maximum absolute atomic E-state index is 12.5. The summed E-state index contributed by atoms with van der Waals surface area (Å²) in [6.45, 7) is 3.86. The van der Waals surface area contributed by atoms with Crippen molar-refractivity contribution in [2.45, 2.75) is 19.8 Å². The van der Waals surface area contributed by atoms with Gasteiger partial charge < -0.3 is 15.2 Å². The number of hydrogen-bond donors (Lipinski definition) is 5. The van der Waals surface area contributed by atoms with Gasteiger partial charge in [-0.1, -0.05) is 18.8 Å². The second-order valence-electron chi connectivity index (χ2n) is 6.29. The fraction of sp³-hybridized carbons (Fsp3) is 0.176. The van der Waals surface area contributed by atoms with Gasteiger partial charge in [0.1, 0.15) is 17.1 Å². The molecule has 0 aliphatic rings. The van der Waals surface area contributed by atoms with Gasteiger partial charge in [-0.15, -0.1) is 4.98 Å². The SMILES string of the molecule is CC(C)c1cc(-c2[nH][nH]c(=O)c2-c2nc[nH+]c3nc[nH]c23)c(O)cc1O. The first-order valence-corrected chi connectivity index (χ1v) is 8.04. The van der Waals surface area contributed by atoms with Gasteiger partial charge in [0.15, 0.2) is 17.5 Å². The van der Waals surface area contributed by atoms with Crippen molar-refractivity contribution < 1.29 is 15.2 Å². The van der Waals surface area contributed by atoms with Crippen LogP contribution in [0.3, 0.4) is 0 Å². The van der Waals surface area contributed by atoms with E-state index in [0.29, 0.717) is 33.7 Å². The van der Waals surface area contributed by atoms with Crippen LogP contribution in [0, 0.1) is 0 Å². The Labute approximate surface area is 146 Å². The van der Waals surface area contributed by atoms with Gasteiger partial charge in [0.2, 0.25) is 6.33 Å². The second-order valence-corrected chi connectivity index (χ2v) is 6.29. The Morgan fingerprint density at radius 3 is 2.69 bits per heavy atom. The molecule has 0 aliphatic carbocycles. The van der Waals surface area contributed by atoms with Crippen LogP contribution in [0.15, 0.2) is 29.6 Å². The predicted octanol–water partition coefficient (Wildman–Crippen LogP) is 1.66. The summed E-state index contributed by atoms with van der Waals surface area (Å²) in [4.78, 5) is 26.7. The molecule has 0 aliphatic heterocycles. The topological polar surface area (TPSA) is 145 Å². The van der Waals surface area contributed by atoms with Crippen molar-refractivity contribution in [3.63, 3.8) is 0 Å². The largest absolute Gasteiger partial charge is 0.508 e. The van der Waals surface area contributed by atoms with E-state index < -0.39 is 0 Å². The fourth-order valence-electron chi connectivity index (χ4n) is 3.04. The lowest BCUT2D eigenvalue weighted by Gasteiger charge is -2.12. The smallest absolute Gasteiger partial charge is 0.289 e. The first-order chi connectivity index (χ1) is 12.5. The Kier molecular flexibility index (Phi) is 3.50. The number of benzene rings is 1. The Balaban J connectivity index is 2.01. The molecule has 26 heavy (non-hydrogen) atoms. The zero-order valence-corrected chi connectivity index (χ0v) is 14.1. The van der Waals surface area contributed by atoms with Gasteiger partial charge in [-0.2, -0.15) is 0 Å². The third kappa shape index (κ3) is 2.32. The van der Waals surface area contributed by atoms with Crippen molar-refractivity contribution in [3.8, 4) is 34.0 Å². The number of fused-ring (bicyclic) bond motifs is 1. The Hall–Kier alpha value is -3.62. The zero-order chi connectivity index (χ0) is 18.4. The molecule has 0 bridgehead atoms. The van der Waals surface area contributed by atoms with E-state index in [2.05, 4.69) is 30.1 Å².